The summed E-state index contributed by atoms with van der Waals surface area (Å²) in [7, 11) is 0. The molecule has 2 N–H and O–H groups in total. The van der Waals surface area contributed by atoms with Crippen LogP contribution in [-0.4, -0.2) is 16.2 Å². The largest absolute Gasteiger partial charge is 0.506 e. The van der Waals surface area contributed by atoms with E-state index in [0.717, 1.165) is 11.3 Å². The number of aryl methyl sites for hydroxylation is 2. The summed E-state index contributed by atoms with van der Waals surface area (Å²) >= 11 is 3.08. The number of non-ortho nitro benzene ring substituents is 1. The Hall–Kier alpha value is -2.41. The molecule has 0 heterocycles. The fourth-order valence-corrected chi connectivity index (χ4v) is 2.26. The number of benzene rings is 2. The van der Waals surface area contributed by atoms with E-state index in [0.29, 0.717) is 0 Å². The van der Waals surface area contributed by atoms with Crippen molar-refractivity contribution >= 4 is 33.5 Å². The number of rotatable bonds is 4. The summed E-state index contributed by atoms with van der Waals surface area (Å²) in [5, 5.41) is 24.7. The maximum atomic E-state index is 10.8. The van der Waals surface area contributed by atoms with Gasteiger partial charge in [0, 0.05) is 17.7 Å². The first kappa shape index (κ1) is 16.0. The number of anilines is 1. The smallest absolute Gasteiger partial charge is 0.271 e. The van der Waals surface area contributed by atoms with Crippen LogP contribution in [-0.2, 0) is 0 Å². The van der Waals surface area contributed by atoms with Crippen LogP contribution in [0.3, 0.4) is 0 Å². The summed E-state index contributed by atoms with van der Waals surface area (Å²) < 4.78 is 0.245. The van der Waals surface area contributed by atoms with Crippen molar-refractivity contribution in [1.82, 2.24) is 0 Å². The van der Waals surface area contributed by atoms with Crippen molar-refractivity contribution in [2.75, 3.05) is 5.43 Å². The van der Waals surface area contributed by atoms with Gasteiger partial charge in [-0.15, -0.1) is 0 Å². The summed E-state index contributed by atoms with van der Waals surface area (Å²) in [5.41, 5.74) is 6.05. The second-order valence-corrected chi connectivity index (χ2v) is 5.65. The molecule has 0 saturated carbocycles. The van der Waals surface area contributed by atoms with Crippen LogP contribution >= 0.6 is 15.9 Å². The zero-order valence-electron chi connectivity index (χ0n) is 12.0. The van der Waals surface area contributed by atoms with E-state index < -0.39 is 4.92 Å². The van der Waals surface area contributed by atoms with Crippen LogP contribution in [0.15, 0.2) is 39.9 Å². The summed E-state index contributed by atoms with van der Waals surface area (Å²) in [4.78, 5) is 10.3. The highest BCUT2D eigenvalue weighted by molar-refractivity contribution is 9.10. The number of phenolic OH excluding ortho intramolecular Hbond substituents is 1. The number of nitrogens with one attached hydrogen (secondary N) is 1. The van der Waals surface area contributed by atoms with Gasteiger partial charge >= 0.3 is 0 Å². The molecule has 2 aromatic rings. The number of hydrogen-bond acceptors (Lipinski definition) is 5. The van der Waals surface area contributed by atoms with E-state index in [1.165, 1.54) is 23.9 Å². The maximum absolute atomic E-state index is 10.8. The van der Waals surface area contributed by atoms with E-state index in [1.54, 1.807) is 0 Å². The lowest BCUT2D eigenvalue weighted by molar-refractivity contribution is -0.385. The molecule has 2 rings (SSSR count). The summed E-state index contributed by atoms with van der Waals surface area (Å²) in [6.07, 6.45) is 1.34. The third-order valence-electron chi connectivity index (χ3n) is 3.19. The standard InChI is InChI=1S/C15H14BrN3O3/c1-9-3-4-12(5-10(9)2)18-17-8-11-6-13(19(21)22)7-14(16)15(11)20/h3-8,18,20H,1-2H3. The predicted octanol–water partition coefficient (Wildman–Crippen LogP) is 4.13. The van der Waals surface area contributed by atoms with Crippen LogP contribution in [0.2, 0.25) is 0 Å². The molecule has 0 aliphatic heterocycles. The van der Waals surface area contributed by atoms with Gasteiger partial charge in [0.1, 0.15) is 5.75 Å². The molecule has 0 aliphatic carbocycles. The molecule has 0 atom stereocenters. The third kappa shape index (κ3) is 3.62. The molecule has 0 aliphatic rings. The number of nitro benzene ring substituents is 1. The topological polar surface area (TPSA) is 87.8 Å². The zero-order valence-corrected chi connectivity index (χ0v) is 13.6. The van der Waals surface area contributed by atoms with Crippen LogP contribution in [0, 0.1) is 24.0 Å². The number of nitrogens with zero attached hydrogens (tertiary/aromatic N) is 2. The fraction of sp³-hybridized carbons (Fsp3) is 0.133. The highest BCUT2D eigenvalue weighted by Gasteiger charge is 2.13. The number of hydrogen-bond donors (Lipinski definition) is 2. The Labute approximate surface area is 135 Å². The van der Waals surface area contributed by atoms with E-state index >= 15 is 0 Å². The van der Waals surface area contributed by atoms with Crippen molar-refractivity contribution in [3.63, 3.8) is 0 Å². The second-order valence-electron chi connectivity index (χ2n) is 4.79. The Kier molecular flexibility index (Phi) is 4.77. The van der Waals surface area contributed by atoms with Crippen LogP contribution in [0.1, 0.15) is 16.7 Å². The van der Waals surface area contributed by atoms with Gasteiger partial charge in [-0.1, -0.05) is 6.07 Å². The average molecular weight is 364 g/mol. The molecule has 0 unspecified atom stereocenters. The molecule has 7 heteroatoms. The van der Waals surface area contributed by atoms with E-state index in [-0.39, 0.29) is 21.5 Å². The lowest BCUT2D eigenvalue weighted by atomic mass is 10.1. The highest BCUT2D eigenvalue weighted by atomic mass is 79.9. The minimum Gasteiger partial charge on any atom is -0.506 e. The molecule has 0 spiro atoms. The molecule has 0 saturated heterocycles. The number of nitro groups is 1. The Morgan fingerprint density at radius 2 is 2.00 bits per heavy atom. The highest BCUT2D eigenvalue weighted by Crippen LogP contribution is 2.31. The Balaban J connectivity index is 2.22. The van der Waals surface area contributed by atoms with E-state index in [1.807, 2.05) is 32.0 Å². The third-order valence-corrected chi connectivity index (χ3v) is 3.80. The van der Waals surface area contributed by atoms with Crippen LogP contribution in [0.4, 0.5) is 11.4 Å². The van der Waals surface area contributed by atoms with Gasteiger partial charge in [0.2, 0.25) is 0 Å². The first-order chi connectivity index (χ1) is 10.4. The van der Waals surface area contributed by atoms with Crippen molar-refractivity contribution in [3.8, 4) is 5.75 Å². The SMILES string of the molecule is Cc1ccc(NN=Cc2cc([N+](=O)[O-])cc(Br)c2O)cc1C. The Morgan fingerprint density at radius 3 is 2.64 bits per heavy atom. The molecular formula is C15H14BrN3O3. The first-order valence-electron chi connectivity index (χ1n) is 6.41. The molecule has 2 aromatic carbocycles. The normalized spacial score (nSPS) is 10.9. The first-order valence-corrected chi connectivity index (χ1v) is 7.21. The van der Waals surface area contributed by atoms with Crippen molar-refractivity contribution in [1.29, 1.82) is 0 Å². The quantitative estimate of drug-likeness (QED) is 0.485. The van der Waals surface area contributed by atoms with E-state index in [4.69, 9.17) is 0 Å². The second kappa shape index (κ2) is 6.57. The molecule has 0 radical (unpaired) electrons. The molecule has 22 heavy (non-hydrogen) atoms. The fourth-order valence-electron chi connectivity index (χ4n) is 1.80. The minimum atomic E-state index is -0.529. The zero-order chi connectivity index (χ0) is 16.3. The van der Waals surface area contributed by atoms with Crippen molar-refractivity contribution in [2.45, 2.75) is 13.8 Å². The van der Waals surface area contributed by atoms with Crippen LogP contribution < -0.4 is 5.43 Å². The molecular weight excluding hydrogens is 350 g/mol. The van der Waals surface area contributed by atoms with Gasteiger partial charge < -0.3 is 5.11 Å². The molecule has 0 fully saturated rings. The number of aromatic hydroxyl groups is 1. The lowest BCUT2D eigenvalue weighted by Crippen LogP contribution is -1.95. The molecule has 0 bridgehead atoms. The van der Waals surface area contributed by atoms with Crippen molar-refractivity contribution in [3.05, 3.63) is 61.6 Å². The Bertz CT molecular complexity index is 760. The monoisotopic (exact) mass is 363 g/mol. The van der Waals surface area contributed by atoms with Gasteiger partial charge in [0.25, 0.3) is 5.69 Å². The number of phenols is 1. The van der Waals surface area contributed by atoms with Gasteiger partial charge in [0.05, 0.1) is 21.3 Å². The van der Waals surface area contributed by atoms with E-state index in [9.17, 15) is 15.2 Å². The molecule has 0 aromatic heterocycles. The van der Waals surface area contributed by atoms with Gasteiger partial charge in [-0.2, -0.15) is 5.10 Å². The number of halogens is 1. The Morgan fingerprint density at radius 1 is 1.27 bits per heavy atom. The van der Waals surface area contributed by atoms with Crippen LogP contribution in [0.25, 0.3) is 0 Å². The molecule has 6 nitrogen and oxygen atoms in total. The van der Waals surface area contributed by atoms with Gasteiger partial charge in [0.15, 0.2) is 0 Å². The van der Waals surface area contributed by atoms with Gasteiger partial charge in [-0.3, -0.25) is 15.5 Å². The van der Waals surface area contributed by atoms with Crippen molar-refractivity contribution < 1.29 is 10.0 Å². The van der Waals surface area contributed by atoms with Gasteiger partial charge in [-0.05, 0) is 53.0 Å². The van der Waals surface area contributed by atoms with Gasteiger partial charge in [-0.25, -0.2) is 0 Å². The summed E-state index contributed by atoms with van der Waals surface area (Å²) in [6.45, 7) is 4.01. The average Bonchev–Trinajstić information content (AvgIpc) is 2.46. The lowest BCUT2D eigenvalue weighted by Gasteiger charge is -2.05. The maximum Gasteiger partial charge on any atom is 0.271 e. The van der Waals surface area contributed by atoms with E-state index in [2.05, 4.69) is 26.5 Å². The number of hydrazone groups is 1. The minimum absolute atomic E-state index is 0.101. The molecule has 0 amide bonds. The molecule has 114 valence electrons. The summed E-state index contributed by atoms with van der Waals surface area (Å²) in [6, 6.07) is 8.28. The van der Waals surface area contributed by atoms with Crippen molar-refractivity contribution in [2.24, 2.45) is 5.10 Å². The summed E-state index contributed by atoms with van der Waals surface area (Å²) in [5.74, 6) is -0.101. The van der Waals surface area contributed by atoms with Crippen LogP contribution in [0.5, 0.6) is 5.75 Å². The predicted molar refractivity (Wildman–Crippen MR) is 89.6 cm³/mol.